The van der Waals surface area contributed by atoms with Gasteiger partial charge in [-0.1, -0.05) is 18.2 Å². The van der Waals surface area contributed by atoms with Gasteiger partial charge in [-0.15, -0.1) is 0 Å². The van der Waals surface area contributed by atoms with Crippen molar-refractivity contribution >= 4 is 28.2 Å². The van der Waals surface area contributed by atoms with Crippen molar-refractivity contribution in [3.05, 3.63) is 82.0 Å². The van der Waals surface area contributed by atoms with Crippen LogP contribution in [0, 0.1) is 10.1 Å². The van der Waals surface area contributed by atoms with Gasteiger partial charge in [-0.2, -0.15) is 18.3 Å². The second-order valence-electron chi connectivity index (χ2n) is 6.70. The quantitative estimate of drug-likeness (QED) is 0.267. The summed E-state index contributed by atoms with van der Waals surface area (Å²) in [4.78, 5) is 26.7. The van der Waals surface area contributed by atoms with Crippen LogP contribution in [-0.4, -0.2) is 27.7 Å². The predicted molar refractivity (Wildman–Crippen MR) is 107 cm³/mol. The first kappa shape index (κ1) is 21.7. The molecule has 0 aliphatic carbocycles. The molecule has 8 nitrogen and oxygen atoms in total. The van der Waals surface area contributed by atoms with Crippen molar-refractivity contribution in [2.24, 2.45) is 16.7 Å². The molecule has 1 amide bonds. The van der Waals surface area contributed by atoms with Crippen LogP contribution in [-0.2, 0) is 10.2 Å². The van der Waals surface area contributed by atoms with Crippen LogP contribution in [0.1, 0.15) is 17.5 Å². The topological polar surface area (TPSA) is 138 Å². The first-order chi connectivity index (χ1) is 14.6. The number of pyridine rings is 1. The van der Waals surface area contributed by atoms with E-state index in [0.29, 0.717) is 0 Å². The second-order valence-corrected chi connectivity index (χ2v) is 6.70. The Morgan fingerprint density at radius 3 is 2.32 bits per heavy atom. The summed E-state index contributed by atoms with van der Waals surface area (Å²) in [6, 6.07) is 11.5. The number of rotatable bonds is 6. The lowest BCUT2D eigenvalue weighted by atomic mass is 9.72. The fourth-order valence-corrected chi connectivity index (χ4v) is 3.43. The number of primary amides is 1. The zero-order valence-corrected chi connectivity index (χ0v) is 15.8. The Kier molecular flexibility index (Phi) is 5.60. The first-order valence-electron chi connectivity index (χ1n) is 8.84. The van der Waals surface area contributed by atoms with E-state index in [1.165, 1.54) is 42.6 Å². The standard InChI is InChI=1S/C20H16F3N5O3/c21-20(22,23)19(18(24)29,15-4-1-5-16-14(15)3-2-10-26-16)11-17(27-25)12-6-8-13(9-7-12)28(30)31/h1-10H,11,25H2,(H2,24,29)/b27-17-/t19-/m1/s1. The minimum atomic E-state index is -5.11. The maximum absolute atomic E-state index is 14.5. The van der Waals surface area contributed by atoms with Gasteiger partial charge in [-0.05, 0) is 35.4 Å². The second kappa shape index (κ2) is 8.01. The molecule has 0 fully saturated rings. The number of carbonyl (C=O) groups is 1. The van der Waals surface area contributed by atoms with E-state index in [4.69, 9.17) is 11.6 Å². The van der Waals surface area contributed by atoms with Gasteiger partial charge in [0.25, 0.3) is 5.69 Å². The third-order valence-corrected chi connectivity index (χ3v) is 5.01. The molecule has 31 heavy (non-hydrogen) atoms. The van der Waals surface area contributed by atoms with E-state index in [9.17, 15) is 28.1 Å². The average molecular weight is 431 g/mol. The molecule has 1 heterocycles. The SMILES string of the molecule is N/N=C(/C[C@](C(N)=O)(c1cccc2ncccc12)C(F)(F)F)c1ccc([N+](=O)[O-])cc1. The summed E-state index contributed by atoms with van der Waals surface area (Å²) in [5.41, 5.74) is 1.57. The van der Waals surface area contributed by atoms with E-state index in [-0.39, 0.29) is 33.4 Å². The Hall–Kier alpha value is -4.02. The monoisotopic (exact) mass is 431 g/mol. The van der Waals surface area contributed by atoms with Gasteiger partial charge in [0.15, 0.2) is 5.41 Å². The fourth-order valence-electron chi connectivity index (χ4n) is 3.43. The highest BCUT2D eigenvalue weighted by atomic mass is 19.4. The molecule has 3 rings (SSSR count). The number of halogens is 3. The van der Waals surface area contributed by atoms with Crippen LogP contribution in [0.25, 0.3) is 10.9 Å². The molecule has 160 valence electrons. The molecule has 4 N–H and O–H groups in total. The van der Waals surface area contributed by atoms with Crippen molar-refractivity contribution in [3.63, 3.8) is 0 Å². The number of hydrogen-bond donors (Lipinski definition) is 2. The predicted octanol–water partition coefficient (Wildman–Crippen LogP) is 3.18. The normalized spacial score (nSPS) is 14.2. The van der Waals surface area contributed by atoms with E-state index >= 15 is 0 Å². The molecule has 0 aliphatic rings. The Balaban J connectivity index is 2.22. The van der Waals surface area contributed by atoms with Crippen LogP contribution in [0.15, 0.2) is 65.9 Å². The molecule has 3 aromatic rings. The number of nitro benzene ring substituents is 1. The maximum atomic E-state index is 14.5. The van der Waals surface area contributed by atoms with Gasteiger partial charge in [0.05, 0.1) is 16.2 Å². The lowest BCUT2D eigenvalue weighted by molar-refractivity contribution is -0.384. The van der Waals surface area contributed by atoms with Crippen molar-refractivity contribution in [1.82, 2.24) is 4.98 Å². The summed E-state index contributed by atoms with van der Waals surface area (Å²) in [5.74, 6) is 3.73. The van der Waals surface area contributed by atoms with E-state index in [1.54, 1.807) is 0 Å². The number of hydrogen-bond acceptors (Lipinski definition) is 6. The Labute approximate surface area is 173 Å². The summed E-state index contributed by atoms with van der Waals surface area (Å²) < 4.78 is 43.5. The highest BCUT2D eigenvalue weighted by Crippen LogP contribution is 2.46. The molecule has 0 unspecified atom stereocenters. The summed E-state index contributed by atoms with van der Waals surface area (Å²) in [6.07, 6.45) is -4.71. The van der Waals surface area contributed by atoms with Crippen LogP contribution in [0.2, 0.25) is 0 Å². The number of nitro groups is 1. The average Bonchev–Trinajstić information content (AvgIpc) is 2.73. The van der Waals surface area contributed by atoms with Crippen molar-refractivity contribution < 1.29 is 22.9 Å². The third kappa shape index (κ3) is 3.77. The number of carbonyl (C=O) groups excluding carboxylic acids is 1. The van der Waals surface area contributed by atoms with Gasteiger partial charge in [-0.25, -0.2) is 0 Å². The van der Waals surface area contributed by atoms with Gasteiger partial charge in [-0.3, -0.25) is 19.9 Å². The number of nitrogens with two attached hydrogens (primary N) is 2. The summed E-state index contributed by atoms with van der Waals surface area (Å²) in [6.45, 7) is 0. The van der Waals surface area contributed by atoms with Crippen LogP contribution in [0.5, 0.6) is 0 Å². The highest BCUT2D eigenvalue weighted by molar-refractivity contribution is 6.06. The lowest BCUT2D eigenvalue weighted by Gasteiger charge is -2.34. The molecular weight excluding hydrogens is 415 g/mol. The Bertz CT molecular complexity index is 1170. The highest BCUT2D eigenvalue weighted by Gasteiger charge is 2.61. The molecule has 1 aromatic heterocycles. The molecule has 11 heteroatoms. The van der Waals surface area contributed by atoms with E-state index < -0.39 is 28.8 Å². The van der Waals surface area contributed by atoms with Crippen molar-refractivity contribution in [2.45, 2.75) is 18.0 Å². The van der Waals surface area contributed by atoms with Crippen LogP contribution >= 0.6 is 0 Å². The molecule has 0 spiro atoms. The van der Waals surface area contributed by atoms with Crippen LogP contribution < -0.4 is 11.6 Å². The van der Waals surface area contributed by atoms with Gasteiger partial charge >= 0.3 is 6.18 Å². The van der Waals surface area contributed by atoms with Crippen molar-refractivity contribution in [1.29, 1.82) is 0 Å². The smallest absolute Gasteiger partial charge is 0.369 e. The van der Waals surface area contributed by atoms with Gasteiger partial charge in [0.1, 0.15) is 0 Å². The summed E-state index contributed by atoms with van der Waals surface area (Å²) in [7, 11) is 0. The number of aromatic nitrogens is 1. The minimum Gasteiger partial charge on any atom is -0.369 e. The van der Waals surface area contributed by atoms with Crippen LogP contribution in [0.3, 0.4) is 0 Å². The molecule has 2 aromatic carbocycles. The number of benzene rings is 2. The van der Waals surface area contributed by atoms with Crippen molar-refractivity contribution in [3.8, 4) is 0 Å². The number of non-ortho nitro benzene ring substituents is 1. The first-order valence-corrected chi connectivity index (χ1v) is 8.84. The Morgan fingerprint density at radius 2 is 1.77 bits per heavy atom. The number of hydrazone groups is 1. The summed E-state index contributed by atoms with van der Waals surface area (Å²) in [5, 5.41) is 14.4. The van der Waals surface area contributed by atoms with E-state index in [0.717, 1.165) is 18.2 Å². The van der Waals surface area contributed by atoms with Gasteiger partial charge in [0, 0.05) is 30.1 Å². The minimum absolute atomic E-state index is 0.0846. The molecule has 0 aliphatic heterocycles. The molecular formula is C20H16F3N5O3. The molecule has 0 bridgehead atoms. The number of amides is 1. The lowest BCUT2D eigenvalue weighted by Crippen LogP contribution is -2.54. The Morgan fingerprint density at radius 1 is 1.10 bits per heavy atom. The zero-order valence-electron chi connectivity index (χ0n) is 15.8. The molecule has 0 radical (unpaired) electrons. The number of nitrogens with zero attached hydrogens (tertiary/aromatic N) is 3. The van der Waals surface area contributed by atoms with Crippen LogP contribution in [0.4, 0.5) is 18.9 Å². The largest absolute Gasteiger partial charge is 0.407 e. The number of fused-ring (bicyclic) bond motifs is 1. The molecule has 0 saturated heterocycles. The fraction of sp³-hybridized carbons (Fsp3) is 0.150. The van der Waals surface area contributed by atoms with E-state index in [1.807, 2.05) is 0 Å². The number of alkyl halides is 3. The van der Waals surface area contributed by atoms with Gasteiger partial charge < -0.3 is 11.6 Å². The molecule has 1 atom stereocenters. The maximum Gasteiger partial charge on any atom is 0.407 e. The van der Waals surface area contributed by atoms with E-state index in [2.05, 4.69) is 10.1 Å². The zero-order chi connectivity index (χ0) is 22.8. The van der Waals surface area contributed by atoms with Gasteiger partial charge in [0.2, 0.25) is 5.91 Å². The van der Waals surface area contributed by atoms with Crippen molar-refractivity contribution in [2.75, 3.05) is 0 Å². The molecule has 0 saturated carbocycles. The third-order valence-electron chi connectivity index (χ3n) is 5.01. The summed E-state index contributed by atoms with van der Waals surface area (Å²) >= 11 is 0.